The molecule has 0 aliphatic carbocycles. The Hall–Kier alpha value is -0.970. The molecule has 5 atom stereocenters. The van der Waals surface area contributed by atoms with Crippen LogP contribution in [0.3, 0.4) is 0 Å². The lowest BCUT2D eigenvalue weighted by molar-refractivity contribution is -0.294. The summed E-state index contributed by atoms with van der Waals surface area (Å²) in [6.45, 7) is 2.21. The van der Waals surface area contributed by atoms with Crippen molar-refractivity contribution in [2.75, 3.05) is 26.4 Å². The average molecular weight is 295 g/mol. The molecule has 1 rings (SSSR count). The summed E-state index contributed by atoms with van der Waals surface area (Å²) < 4.78 is 15.5. The Morgan fingerprint density at radius 2 is 1.85 bits per heavy atom. The molecule has 0 unspecified atom stereocenters. The Morgan fingerprint density at radius 3 is 2.50 bits per heavy atom. The first-order chi connectivity index (χ1) is 9.43. The van der Waals surface area contributed by atoms with E-state index >= 15 is 0 Å². The number of amides is 1. The maximum Gasteiger partial charge on any atom is 0.404 e. The first kappa shape index (κ1) is 17.1. The van der Waals surface area contributed by atoms with Crippen LogP contribution < -0.4 is 5.32 Å². The van der Waals surface area contributed by atoms with Gasteiger partial charge < -0.3 is 40.0 Å². The fourth-order valence-corrected chi connectivity index (χ4v) is 1.71. The summed E-state index contributed by atoms with van der Waals surface area (Å²) in [5, 5.41) is 39.1. The Labute approximate surface area is 116 Å². The zero-order valence-electron chi connectivity index (χ0n) is 11.1. The second-order valence-electron chi connectivity index (χ2n) is 4.40. The molecule has 1 aliphatic rings. The highest BCUT2D eigenvalue weighted by Gasteiger charge is 2.42. The van der Waals surface area contributed by atoms with Crippen molar-refractivity contribution < 1.29 is 39.4 Å². The van der Waals surface area contributed by atoms with Crippen molar-refractivity contribution >= 4 is 6.09 Å². The van der Waals surface area contributed by atoms with E-state index in [2.05, 4.69) is 5.32 Å². The summed E-state index contributed by atoms with van der Waals surface area (Å²) in [5.41, 5.74) is 0. The van der Waals surface area contributed by atoms with Crippen molar-refractivity contribution in [2.24, 2.45) is 0 Å². The fraction of sp³-hybridized carbons (Fsp3) is 0.909. The van der Waals surface area contributed by atoms with Gasteiger partial charge in [-0.15, -0.1) is 0 Å². The topological polar surface area (TPSA) is 138 Å². The molecule has 9 heteroatoms. The number of nitrogens with one attached hydrogen (secondary N) is 1. The number of rotatable bonds is 7. The molecule has 0 radical (unpaired) electrons. The molecule has 5 N–H and O–H groups in total. The molecule has 0 bridgehead atoms. The van der Waals surface area contributed by atoms with Gasteiger partial charge in [-0.3, -0.25) is 0 Å². The Kier molecular flexibility index (Phi) is 7.13. The first-order valence-electron chi connectivity index (χ1n) is 6.29. The summed E-state index contributed by atoms with van der Waals surface area (Å²) in [6.07, 6.45) is -6.64. The third-order valence-corrected chi connectivity index (χ3v) is 2.84. The molecule has 1 aliphatic heterocycles. The predicted octanol–water partition coefficient (Wildman–Crippen LogP) is -1.89. The van der Waals surface area contributed by atoms with E-state index in [0.29, 0.717) is 0 Å². The zero-order valence-corrected chi connectivity index (χ0v) is 11.1. The molecule has 0 aromatic carbocycles. The quantitative estimate of drug-likeness (QED) is 0.344. The third kappa shape index (κ3) is 5.19. The molecule has 0 spiro atoms. The van der Waals surface area contributed by atoms with Crippen LogP contribution in [0.2, 0.25) is 0 Å². The van der Waals surface area contributed by atoms with Crippen LogP contribution >= 0.6 is 0 Å². The largest absolute Gasteiger partial charge is 0.465 e. The van der Waals surface area contributed by atoms with Crippen LogP contribution in [0.4, 0.5) is 4.79 Å². The molecule has 0 aromatic rings. The van der Waals surface area contributed by atoms with E-state index < -0.39 is 36.8 Å². The van der Waals surface area contributed by atoms with Gasteiger partial charge in [0.05, 0.1) is 25.9 Å². The lowest BCUT2D eigenvalue weighted by atomic mass is 10.0. The van der Waals surface area contributed by atoms with E-state index in [1.165, 1.54) is 0 Å². The van der Waals surface area contributed by atoms with Gasteiger partial charge >= 0.3 is 6.09 Å². The number of hydrogen-bond donors (Lipinski definition) is 5. The molecule has 118 valence electrons. The first-order valence-corrected chi connectivity index (χ1v) is 6.29. The van der Waals surface area contributed by atoms with Crippen LogP contribution in [0, 0.1) is 0 Å². The van der Waals surface area contributed by atoms with Gasteiger partial charge in [0.15, 0.2) is 6.29 Å². The standard InChI is InChI=1S/C11H21NO8/c1-6-7(13)8(14)9(15)10(20-6)19-5-4-18-3-2-12-11(16)17/h6-10,12-15H,2-5H2,1H3,(H,16,17)/t6-,7-,8+,9+,10+/m0/s1. The summed E-state index contributed by atoms with van der Waals surface area (Å²) in [5.74, 6) is 0. The van der Waals surface area contributed by atoms with Gasteiger partial charge in [0.25, 0.3) is 0 Å². The number of aliphatic hydroxyl groups excluding tert-OH is 3. The maximum atomic E-state index is 10.1. The minimum atomic E-state index is -1.34. The van der Waals surface area contributed by atoms with E-state index in [1.807, 2.05) is 0 Å². The SMILES string of the molecule is C[C@@H]1O[C@@H](OCCOCCNC(=O)O)[C@H](O)[C@H](O)[C@H]1O. The Bertz CT molecular complexity index is 302. The Balaban J connectivity index is 2.14. The molecular formula is C11H21NO8. The summed E-state index contributed by atoms with van der Waals surface area (Å²) >= 11 is 0. The van der Waals surface area contributed by atoms with Crippen molar-refractivity contribution in [1.82, 2.24) is 5.32 Å². The smallest absolute Gasteiger partial charge is 0.404 e. The number of carboxylic acid groups (broad SMARTS) is 1. The molecule has 1 saturated heterocycles. The number of carbonyl (C=O) groups is 1. The van der Waals surface area contributed by atoms with Gasteiger partial charge in [-0.05, 0) is 6.92 Å². The summed E-state index contributed by atoms with van der Waals surface area (Å²) in [7, 11) is 0. The molecule has 9 nitrogen and oxygen atoms in total. The normalized spacial score (nSPS) is 33.9. The fourth-order valence-electron chi connectivity index (χ4n) is 1.71. The second-order valence-corrected chi connectivity index (χ2v) is 4.40. The van der Waals surface area contributed by atoms with E-state index in [1.54, 1.807) is 6.92 Å². The summed E-state index contributed by atoms with van der Waals surface area (Å²) in [6, 6.07) is 0. The van der Waals surface area contributed by atoms with E-state index in [9.17, 15) is 20.1 Å². The van der Waals surface area contributed by atoms with Crippen LogP contribution in [-0.2, 0) is 14.2 Å². The van der Waals surface area contributed by atoms with Gasteiger partial charge in [-0.25, -0.2) is 4.79 Å². The monoisotopic (exact) mass is 295 g/mol. The molecule has 0 saturated carbocycles. The van der Waals surface area contributed by atoms with Gasteiger partial charge in [-0.1, -0.05) is 0 Å². The minimum absolute atomic E-state index is 0.102. The van der Waals surface area contributed by atoms with E-state index in [4.69, 9.17) is 19.3 Å². The van der Waals surface area contributed by atoms with Crippen molar-refractivity contribution in [3.63, 3.8) is 0 Å². The van der Waals surface area contributed by atoms with Crippen LogP contribution in [-0.4, -0.2) is 83.6 Å². The van der Waals surface area contributed by atoms with Gasteiger partial charge in [0.1, 0.15) is 18.3 Å². The van der Waals surface area contributed by atoms with Crippen LogP contribution in [0.1, 0.15) is 6.92 Å². The summed E-state index contributed by atoms with van der Waals surface area (Å²) in [4.78, 5) is 10.1. The Morgan fingerprint density at radius 1 is 1.15 bits per heavy atom. The molecule has 20 heavy (non-hydrogen) atoms. The highest BCUT2D eigenvalue weighted by molar-refractivity contribution is 5.64. The lowest BCUT2D eigenvalue weighted by Crippen LogP contribution is -2.57. The van der Waals surface area contributed by atoms with Crippen molar-refractivity contribution in [3.05, 3.63) is 0 Å². The molecule has 0 aromatic heterocycles. The highest BCUT2D eigenvalue weighted by Crippen LogP contribution is 2.21. The number of ether oxygens (including phenoxy) is 3. The van der Waals surface area contributed by atoms with Gasteiger partial charge in [-0.2, -0.15) is 0 Å². The van der Waals surface area contributed by atoms with Crippen molar-refractivity contribution in [3.8, 4) is 0 Å². The third-order valence-electron chi connectivity index (χ3n) is 2.84. The molecule has 1 fully saturated rings. The second kappa shape index (κ2) is 8.35. The van der Waals surface area contributed by atoms with E-state index in [0.717, 1.165) is 0 Å². The molecule has 1 heterocycles. The van der Waals surface area contributed by atoms with Crippen molar-refractivity contribution in [2.45, 2.75) is 37.6 Å². The van der Waals surface area contributed by atoms with Crippen molar-refractivity contribution in [1.29, 1.82) is 0 Å². The molecular weight excluding hydrogens is 274 g/mol. The minimum Gasteiger partial charge on any atom is -0.465 e. The van der Waals surface area contributed by atoms with Gasteiger partial charge in [0.2, 0.25) is 0 Å². The highest BCUT2D eigenvalue weighted by atomic mass is 16.7. The maximum absolute atomic E-state index is 10.1. The molecule has 1 amide bonds. The lowest BCUT2D eigenvalue weighted by Gasteiger charge is -2.38. The zero-order chi connectivity index (χ0) is 15.1. The van der Waals surface area contributed by atoms with Crippen LogP contribution in [0.5, 0.6) is 0 Å². The van der Waals surface area contributed by atoms with Crippen LogP contribution in [0.25, 0.3) is 0 Å². The van der Waals surface area contributed by atoms with Gasteiger partial charge in [0, 0.05) is 6.54 Å². The average Bonchev–Trinajstić information content (AvgIpc) is 2.40. The number of aliphatic hydroxyl groups is 3. The number of hydrogen-bond acceptors (Lipinski definition) is 7. The van der Waals surface area contributed by atoms with E-state index in [-0.39, 0.29) is 26.4 Å². The predicted molar refractivity (Wildman–Crippen MR) is 65.2 cm³/mol. The van der Waals surface area contributed by atoms with Crippen LogP contribution in [0.15, 0.2) is 0 Å².